The number of phenolic OH excluding ortho intramolecular Hbond substituents is 1. The molecule has 9 heteroatoms. The summed E-state index contributed by atoms with van der Waals surface area (Å²) in [5, 5.41) is 12.1. The highest BCUT2D eigenvalue weighted by molar-refractivity contribution is 6.03. The van der Waals surface area contributed by atoms with E-state index in [1.165, 1.54) is 37.8 Å². The molecule has 0 aromatic heterocycles. The number of nitrogens with one attached hydrogen (secondary N) is 1. The van der Waals surface area contributed by atoms with Crippen LogP contribution in [0.1, 0.15) is 100 Å². The summed E-state index contributed by atoms with van der Waals surface area (Å²) in [7, 11) is 0. The zero-order chi connectivity index (χ0) is 31.4. The number of carbonyl (C=O) groups excluding carboxylic acids is 3. The maximum Gasteiger partial charge on any atom is 0.234 e. The van der Waals surface area contributed by atoms with Crippen molar-refractivity contribution >= 4 is 17.5 Å². The summed E-state index contributed by atoms with van der Waals surface area (Å²) in [6.07, 6.45) is 4.74. The Morgan fingerprint density at radius 2 is 1.56 bits per heavy atom. The molecular weight excluding hydrogens is 527 g/mol. The van der Waals surface area contributed by atoms with Crippen LogP contribution in [0.4, 0.5) is 4.53 Å². The van der Waals surface area contributed by atoms with Gasteiger partial charge in [0.25, 0.3) is 0 Å². The summed E-state index contributed by atoms with van der Waals surface area (Å²) in [6.45, 7) is 18.7. The number of piperazine rings is 1. The number of amides is 1. The quantitative estimate of drug-likeness (QED) is 0.311. The van der Waals surface area contributed by atoms with Crippen molar-refractivity contribution in [3.8, 4) is 17.2 Å². The molecule has 0 unspecified atom stereocenters. The van der Waals surface area contributed by atoms with E-state index in [4.69, 9.17) is 4.74 Å². The molecule has 41 heavy (non-hydrogen) atoms. The van der Waals surface area contributed by atoms with E-state index in [1.54, 1.807) is 0 Å². The van der Waals surface area contributed by atoms with Gasteiger partial charge in [0, 0.05) is 30.2 Å². The number of ether oxygens (including phenoxy) is 1. The number of phenols is 1. The number of hydrogen-bond donors (Lipinski definition) is 2. The van der Waals surface area contributed by atoms with E-state index < -0.39 is 23.1 Å². The topological polar surface area (TPSA) is 105 Å². The minimum absolute atomic E-state index is 0.0407. The van der Waals surface area contributed by atoms with Crippen LogP contribution >= 0.6 is 0 Å². The highest BCUT2D eigenvalue weighted by Crippen LogP contribution is 2.29. The fourth-order valence-electron chi connectivity index (χ4n) is 3.73. The molecule has 0 atom stereocenters. The van der Waals surface area contributed by atoms with Crippen LogP contribution in [0.2, 0.25) is 0 Å². The molecule has 230 valence electrons. The van der Waals surface area contributed by atoms with Gasteiger partial charge in [-0.25, -0.2) is 0 Å². The van der Waals surface area contributed by atoms with Crippen LogP contribution in [0.25, 0.3) is 0 Å². The van der Waals surface area contributed by atoms with Crippen molar-refractivity contribution in [2.24, 2.45) is 0 Å². The van der Waals surface area contributed by atoms with Crippen LogP contribution in [0, 0.1) is 0 Å². The number of Topliss-reactive ketones (excluding diaryl/α,β-unsaturated/α-hetero) is 2. The molecule has 0 aliphatic carbocycles. The maximum absolute atomic E-state index is 12.0. The summed E-state index contributed by atoms with van der Waals surface area (Å²) in [5.41, 5.74) is 2.64. The molecule has 1 fully saturated rings. The van der Waals surface area contributed by atoms with E-state index >= 15 is 0 Å². The molecule has 0 spiro atoms. The van der Waals surface area contributed by atoms with Crippen molar-refractivity contribution in [3.05, 3.63) is 52.6 Å². The Bertz CT molecular complexity index is 1090. The number of unbranched alkanes of at least 4 members (excludes halogenated alkanes) is 1. The fraction of sp³-hybridized carbons (Fsp3) is 0.531. The standard InChI is InChI=1S/C16H24N2O2.C10H9FO4.C4H10.C2H6/c1-3-13-5-6-15(11-14(13)4-2)20-10-9-18-8-7-17-16(19)12-18;1-5(12)7-3-8(6(2)13)10(15-11)4-9(7)14;1-3-4-2;1-2/h5-6,11H,3-4,7-10,12H2,1-2H3,(H,17,19);3-4,14H,1-2H3;3-4H2,1-2H3;1-2H3. The number of hydrogen-bond acceptors (Lipinski definition) is 7. The summed E-state index contributed by atoms with van der Waals surface area (Å²) in [4.78, 5) is 38.9. The second-order valence-corrected chi connectivity index (χ2v) is 9.17. The van der Waals surface area contributed by atoms with Crippen molar-refractivity contribution in [1.29, 1.82) is 0 Å². The first-order chi connectivity index (χ1) is 19.6. The monoisotopic (exact) mass is 576 g/mol. The van der Waals surface area contributed by atoms with Crippen LogP contribution in [0.3, 0.4) is 0 Å². The summed E-state index contributed by atoms with van der Waals surface area (Å²) in [6, 6.07) is 8.34. The molecule has 0 radical (unpaired) electrons. The third-order valence-electron chi connectivity index (χ3n) is 6.17. The molecule has 2 N–H and O–H groups in total. The van der Waals surface area contributed by atoms with Gasteiger partial charge in [-0.1, -0.05) is 60.5 Å². The van der Waals surface area contributed by atoms with Gasteiger partial charge in [0.2, 0.25) is 5.91 Å². The lowest BCUT2D eigenvalue weighted by Gasteiger charge is -2.26. The normalized spacial score (nSPS) is 12.3. The number of aromatic hydroxyl groups is 1. The van der Waals surface area contributed by atoms with Gasteiger partial charge in [-0.2, -0.15) is 0 Å². The van der Waals surface area contributed by atoms with E-state index in [0.717, 1.165) is 50.4 Å². The highest BCUT2D eigenvalue weighted by atomic mass is 19.3. The third-order valence-corrected chi connectivity index (χ3v) is 6.17. The van der Waals surface area contributed by atoms with Gasteiger partial charge in [0.1, 0.15) is 18.1 Å². The zero-order valence-corrected chi connectivity index (χ0v) is 26.1. The number of ketones is 2. The Balaban J connectivity index is 0.000000673. The number of halogens is 1. The minimum Gasteiger partial charge on any atom is -0.507 e. The number of carbonyl (C=O) groups is 3. The lowest BCUT2D eigenvalue weighted by molar-refractivity contribution is -0.124. The first-order valence-electron chi connectivity index (χ1n) is 14.5. The molecule has 2 aromatic carbocycles. The van der Waals surface area contributed by atoms with Crippen LogP contribution in [0.15, 0.2) is 30.3 Å². The first-order valence-corrected chi connectivity index (χ1v) is 14.5. The average molecular weight is 577 g/mol. The van der Waals surface area contributed by atoms with Crippen molar-refractivity contribution in [1.82, 2.24) is 10.2 Å². The second-order valence-electron chi connectivity index (χ2n) is 9.17. The molecule has 0 saturated carbocycles. The molecular formula is C32H49FN2O6. The predicted octanol–water partition coefficient (Wildman–Crippen LogP) is 6.52. The van der Waals surface area contributed by atoms with Crippen LogP contribution < -0.4 is 15.0 Å². The van der Waals surface area contributed by atoms with Crippen molar-refractivity contribution < 1.29 is 33.7 Å². The minimum atomic E-state index is -0.454. The lowest BCUT2D eigenvalue weighted by Crippen LogP contribution is -2.48. The summed E-state index contributed by atoms with van der Waals surface area (Å²) < 4.78 is 17.8. The van der Waals surface area contributed by atoms with Gasteiger partial charge >= 0.3 is 0 Å². The molecule has 1 amide bonds. The van der Waals surface area contributed by atoms with Gasteiger partial charge in [-0.05, 0) is 56.0 Å². The van der Waals surface area contributed by atoms with Crippen LogP contribution in [-0.2, 0) is 17.6 Å². The molecule has 0 bridgehead atoms. The zero-order valence-electron chi connectivity index (χ0n) is 26.1. The number of rotatable bonds is 10. The molecule has 8 nitrogen and oxygen atoms in total. The average Bonchev–Trinajstić information content (AvgIpc) is 2.98. The van der Waals surface area contributed by atoms with E-state index in [2.05, 4.69) is 55.0 Å². The van der Waals surface area contributed by atoms with Gasteiger partial charge in [-0.15, -0.1) is 0 Å². The van der Waals surface area contributed by atoms with E-state index in [9.17, 15) is 24.0 Å². The van der Waals surface area contributed by atoms with Crippen molar-refractivity contribution in [3.63, 3.8) is 0 Å². The fourth-order valence-corrected chi connectivity index (χ4v) is 3.73. The largest absolute Gasteiger partial charge is 0.507 e. The van der Waals surface area contributed by atoms with Crippen LogP contribution in [0.5, 0.6) is 17.2 Å². The Labute approximate surface area is 245 Å². The Morgan fingerprint density at radius 1 is 0.951 bits per heavy atom. The van der Waals surface area contributed by atoms with Crippen LogP contribution in [-0.4, -0.2) is 60.3 Å². The highest BCUT2D eigenvalue weighted by Gasteiger charge is 2.17. The summed E-state index contributed by atoms with van der Waals surface area (Å²) >= 11 is 0. The Kier molecular flexibility index (Phi) is 19.5. The Morgan fingerprint density at radius 3 is 2.05 bits per heavy atom. The van der Waals surface area contributed by atoms with Gasteiger partial charge in [0.05, 0.1) is 17.7 Å². The summed E-state index contributed by atoms with van der Waals surface area (Å²) in [5.74, 6) is -0.645. The van der Waals surface area contributed by atoms with E-state index in [0.29, 0.717) is 13.2 Å². The second kappa shape index (κ2) is 21.3. The smallest absolute Gasteiger partial charge is 0.234 e. The van der Waals surface area contributed by atoms with Crippen molar-refractivity contribution in [2.75, 3.05) is 32.8 Å². The number of benzene rings is 2. The molecule has 2 aromatic rings. The van der Waals surface area contributed by atoms with E-state index in [-0.39, 0.29) is 17.0 Å². The molecule has 3 rings (SSSR count). The van der Waals surface area contributed by atoms with Gasteiger partial charge < -0.3 is 15.2 Å². The number of nitrogens with zero attached hydrogens (tertiary/aromatic N) is 1. The third kappa shape index (κ3) is 13.6. The number of aryl methyl sites for hydroxylation is 2. The van der Waals surface area contributed by atoms with Gasteiger partial charge in [-0.3, -0.25) is 24.2 Å². The van der Waals surface area contributed by atoms with Crippen molar-refractivity contribution in [2.45, 2.75) is 81.1 Å². The lowest BCUT2D eigenvalue weighted by atomic mass is 10.0. The predicted molar refractivity (Wildman–Crippen MR) is 162 cm³/mol. The van der Waals surface area contributed by atoms with Gasteiger partial charge in [0.15, 0.2) is 17.3 Å². The molecule has 1 saturated heterocycles. The Hall–Kier alpha value is -3.46. The first kappa shape index (κ1) is 37.5. The molecule has 1 aliphatic rings. The SMILES string of the molecule is CC.CC(=O)c1cc(C(C)=O)c(OF)cc1O.CCCC.CCc1ccc(OCCN2CCNC(=O)C2)cc1CC. The molecule has 1 aliphatic heterocycles. The van der Waals surface area contributed by atoms with E-state index in [1.807, 2.05) is 19.9 Å². The molecule has 1 heterocycles. The maximum atomic E-state index is 12.0.